The van der Waals surface area contributed by atoms with Crippen molar-refractivity contribution in [1.29, 1.82) is 0 Å². The van der Waals surface area contributed by atoms with Crippen LogP contribution in [0.15, 0.2) is 42.0 Å². The second-order valence-electron chi connectivity index (χ2n) is 4.19. The van der Waals surface area contributed by atoms with Gasteiger partial charge in [-0.1, -0.05) is 24.3 Å². The molecule has 3 aromatic rings. The van der Waals surface area contributed by atoms with Crippen LogP contribution < -0.4 is 5.32 Å². The Bertz CT molecular complexity index is 678. The predicted octanol–water partition coefficient (Wildman–Crippen LogP) is 2.80. The normalized spacial score (nSPS) is 10.8. The second kappa shape index (κ2) is 5.34. The summed E-state index contributed by atoms with van der Waals surface area (Å²) in [5.41, 5.74) is 2.07. The molecule has 0 bridgehead atoms. The van der Waals surface area contributed by atoms with E-state index in [2.05, 4.69) is 15.3 Å². The summed E-state index contributed by atoms with van der Waals surface area (Å²) < 4.78 is 0. The van der Waals surface area contributed by atoms with Crippen LogP contribution >= 0.6 is 11.3 Å². The van der Waals surface area contributed by atoms with Gasteiger partial charge in [-0.05, 0) is 22.6 Å². The van der Waals surface area contributed by atoms with Gasteiger partial charge in [0, 0.05) is 6.54 Å². The van der Waals surface area contributed by atoms with Crippen molar-refractivity contribution in [2.75, 3.05) is 5.32 Å². The monoisotopic (exact) mass is 271 g/mol. The largest absolute Gasteiger partial charge is 0.392 e. The summed E-state index contributed by atoms with van der Waals surface area (Å²) >= 11 is 1.61. The van der Waals surface area contributed by atoms with Crippen molar-refractivity contribution in [2.45, 2.75) is 13.2 Å². The Kier molecular flexibility index (Phi) is 3.39. The predicted molar refractivity (Wildman–Crippen MR) is 77.1 cm³/mol. The van der Waals surface area contributed by atoms with Gasteiger partial charge in [0.1, 0.15) is 17.0 Å². The third kappa shape index (κ3) is 2.57. The fourth-order valence-electron chi connectivity index (χ4n) is 1.88. The maximum absolute atomic E-state index is 9.00. The molecule has 0 aliphatic carbocycles. The molecule has 0 spiro atoms. The molecule has 0 unspecified atom stereocenters. The highest BCUT2D eigenvalue weighted by molar-refractivity contribution is 7.16. The lowest BCUT2D eigenvalue weighted by molar-refractivity contribution is 0.282. The lowest BCUT2D eigenvalue weighted by Crippen LogP contribution is -2.02. The molecule has 2 N–H and O–H groups in total. The molecule has 0 saturated carbocycles. The number of aliphatic hydroxyl groups excluding tert-OH is 1. The number of hydrogen-bond donors (Lipinski definition) is 2. The van der Waals surface area contributed by atoms with Crippen LogP contribution in [0.4, 0.5) is 5.82 Å². The number of rotatable bonds is 4. The molecule has 3 rings (SSSR count). The van der Waals surface area contributed by atoms with E-state index in [-0.39, 0.29) is 6.61 Å². The molecule has 0 aliphatic rings. The lowest BCUT2D eigenvalue weighted by Gasteiger charge is -2.07. The van der Waals surface area contributed by atoms with E-state index in [0.29, 0.717) is 6.54 Å². The molecular weight excluding hydrogens is 258 g/mol. The number of anilines is 1. The van der Waals surface area contributed by atoms with Gasteiger partial charge < -0.3 is 10.4 Å². The fourth-order valence-corrected chi connectivity index (χ4v) is 2.61. The summed E-state index contributed by atoms with van der Waals surface area (Å²) in [5, 5.41) is 15.4. The van der Waals surface area contributed by atoms with Gasteiger partial charge in [0.05, 0.1) is 12.0 Å². The van der Waals surface area contributed by atoms with E-state index in [1.807, 2.05) is 35.7 Å². The van der Waals surface area contributed by atoms with Crippen molar-refractivity contribution in [3.8, 4) is 0 Å². The van der Waals surface area contributed by atoms with E-state index in [9.17, 15) is 0 Å². The maximum atomic E-state index is 9.00. The van der Waals surface area contributed by atoms with Crippen LogP contribution in [0.1, 0.15) is 11.1 Å². The first kappa shape index (κ1) is 12.1. The number of aliphatic hydroxyl groups is 1. The summed E-state index contributed by atoms with van der Waals surface area (Å²) in [6.07, 6.45) is 1.58. The van der Waals surface area contributed by atoms with Crippen LogP contribution in [-0.4, -0.2) is 15.1 Å². The quantitative estimate of drug-likeness (QED) is 0.766. The number of fused-ring (bicyclic) bond motifs is 1. The minimum Gasteiger partial charge on any atom is -0.392 e. The van der Waals surface area contributed by atoms with Crippen LogP contribution in [0.2, 0.25) is 0 Å². The minimum atomic E-state index is 0.0785. The Morgan fingerprint density at radius 2 is 1.84 bits per heavy atom. The Morgan fingerprint density at radius 3 is 2.63 bits per heavy atom. The number of nitrogens with zero attached hydrogens (tertiary/aromatic N) is 2. The summed E-state index contributed by atoms with van der Waals surface area (Å²) in [6.45, 7) is 0.781. The molecular formula is C14H13N3OS. The number of nitrogens with one attached hydrogen (secondary N) is 1. The third-order valence-electron chi connectivity index (χ3n) is 2.93. The van der Waals surface area contributed by atoms with Crippen molar-refractivity contribution in [3.05, 3.63) is 53.2 Å². The Labute approximate surface area is 114 Å². The molecule has 19 heavy (non-hydrogen) atoms. The smallest absolute Gasteiger partial charge is 0.138 e. The number of benzene rings is 1. The van der Waals surface area contributed by atoms with Crippen LogP contribution in [-0.2, 0) is 13.2 Å². The molecule has 4 nitrogen and oxygen atoms in total. The van der Waals surface area contributed by atoms with E-state index < -0.39 is 0 Å². The Balaban J connectivity index is 1.76. The van der Waals surface area contributed by atoms with Crippen LogP contribution in [0.3, 0.4) is 0 Å². The summed E-state index contributed by atoms with van der Waals surface area (Å²) in [6, 6.07) is 9.89. The first-order chi connectivity index (χ1) is 9.36. The lowest BCUT2D eigenvalue weighted by atomic mass is 10.1. The van der Waals surface area contributed by atoms with Gasteiger partial charge in [0.15, 0.2) is 0 Å². The average molecular weight is 271 g/mol. The summed E-state index contributed by atoms with van der Waals surface area (Å²) in [5.74, 6) is 0.859. The van der Waals surface area contributed by atoms with Crippen LogP contribution in [0.25, 0.3) is 10.2 Å². The molecule has 0 saturated heterocycles. The maximum Gasteiger partial charge on any atom is 0.138 e. The van der Waals surface area contributed by atoms with Crippen molar-refractivity contribution in [3.63, 3.8) is 0 Å². The highest BCUT2D eigenvalue weighted by atomic mass is 32.1. The molecule has 1 aromatic carbocycles. The number of thiophene rings is 1. The zero-order valence-corrected chi connectivity index (χ0v) is 11.0. The topological polar surface area (TPSA) is 58.0 Å². The van der Waals surface area contributed by atoms with Crippen LogP contribution in [0.5, 0.6) is 0 Å². The summed E-state index contributed by atoms with van der Waals surface area (Å²) in [7, 11) is 0. The highest BCUT2D eigenvalue weighted by Gasteiger charge is 2.04. The SMILES string of the molecule is OCc1ccc(CNc2ncnc3sccc23)cc1. The molecule has 0 amide bonds. The third-order valence-corrected chi connectivity index (χ3v) is 3.75. The molecule has 96 valence electrons. The molecule has 2 aromatic heterocycles. The van der Waals surface area contributed by atoms with Gasteiger partial charge in [-0.15, -0.1) is 11.3 Å². The van der Waals surface area contributed by atoms with E-state index in [4.69, 9.17) is 5.11 Å². The number of aromatic nitrogens is 2. The fraction of sp³-hybridized carbons (Fsp3) is 0.143. The van der Waals surface area contributed by atoms with Gasteiger partial charge in [-0.25, -0.2) is 9.97 Å². The first-order valence-electron chi connectivity index (χ1n) is 5.97. The van der Waals surface area contributed by atoms with Crippen LogP contribution in [0, 0.1) is 0 Å². The minimum absolute atomic E-state index is 0.0785. The standard InChI is InChI=1S/C14H13N3OS/c18-8-11-3-1-10(2-4-11)7-15-13-12-5-6-19-14(12)17-9-16-13/h1-6,9,18H,7-8H2,(H,15,16,17). The van der Waals surface area contributed by atoms with E-state index >= 15 is 0 Å². The Morgan fingerprint density at radius 1 is 1.05 bits per heavy atom. The van der Waals surface area contributed by atoms with E-state index in [1.165, 1.54) is 0 Å². The molecule has 2 heterocycles. The highest BCUT2D eigenvalue weighted by Crippen LogP contribution is 2.24. The molecule has 0 aliphatic heterocycles. The molecule has 0 atom stereocenters. The van der Waals surface area contributed by atoms with Gasteiger partial charge in [0.2, 0.25) is 0 Å². The van der Waals surface area contributed by atoms with Gasteiger partial charge >= 0.3 is 0 Å². The van der Waals surface area contributed by atoms with Gasteiger partial charge in [-0.3, -0.25) is 0 Å². The van der Waals surface area contributed by atoms with Gasteiger partial charge in [-0.2, -0.15) is 0 Å². The zero-order chi connectivity index (χ0) is 13.1. The van der Waals surface area contributed by atoms with Crippen molar-refractivity contribution >= 4 is 27.4 Å². The van der Waals surface area contributed by atoms with E-state index in [1.54, 1.807) is 17.7 Å². The van der Waals surface area contributed by atoms with Gasteiger partial charge in [0.25, 0.3) is 0 Å². The zero-order valence-electron chi connectivity index (χ0n) is 10.2. The van der Waals surface area contributed by atoms with Crippen molar-refractivity contribution in [1.82, 2.24) is 9.97 Å². The summed E-state index contributed by atoms with van der Waals surface area (Å²) in [4.78, 5) is 9.49. The average Bonchev–Trinajstić information content (AvgIpc) is 2.94. The molecule has 5 heteroatoms. The van der Waals surface area contributed by atoms with E-state index in [0.717, 1.165) is 27.2 Å². The molecule has 0 fully saturated rings. The number of hydrogen-bond acceptors (Lipinski definition) is 5. The van der Waals surface area contributed by atoms with Crippen molar-refractivity contribution in [2.24, 2.45) is 0 Å². The molecule has 0 radical (unpaired) electrons. The van der Waals surface area contributed by atoms with Crippen molar-refractivity contribution < 1.29 is 5.11 Å². The first-order valence-corrected chi connectivity index (χ1v) is 6.85. The Hall–Kier alpha value is -1.98. The second-order valence-corrected chi connectivity index (χ2v) is 5.08.